The van der Waals surface area contributed by atoms with E-state index in [4.69, 9.17) is 4.74 Å². The third-order valence-corrected chi connectivity index (χ3v) is 4.69. The molecule has 0 spiro atoms. The highest BCUT2D eigenvalue weighted by Crippen LogP contribution is 2.18. The number of hydrogen-bond acceptors (Lipinski definition) is 3. The quantitative estimate of drug-likeness (QED) is 0.908. The number of H-pyrrole nitrogens is 1. The molecule has 2 aromatic rings. The number of aromatic amines is 1. The van der Waals surface area contributed by atoms with E-state index in [0.717, 1.165) is 35.9 Å². The minimum Gasteiger partial charge on any atom is -0.376 e. The van der Waals surface area contributed by atoms with E-state index in [2.05, 4.69) is 4.98 Å². The summed E-state index contributed by atoms with van der Waals surface area (Å²) in [5, 5.41) is 0.981. The first-order chi connectivity index (χ1) is 11.9. The van der Waals surface area contributed by atoms with Gasteiger partial charge in [-0.15, -0.1) is 0 Å². The minimum absolute atomic E-state index is 0.0545. The second-order valence-electron chi connectivity index (χ2n) is 7.22. The number of fused-ring (bicyclic) bond motifs is 1. The number of rotatable bonds is 5. The number of pyridine rings is 1. The first kappa shape index (κ1) is 17.7. The molecule has 1 aliphatic heterocycles. The largest absolute Gasteiger partial charge is 0.376 e. The SMILES string of the molecule is Cc1ccc2cc(CN(C[C@@H]3CCCO3)C(=O)C(C)C)c(=O)[nH]c2c1. The van der Waals surface area contributed by atoms with Crippen LogP contribution in [0, 0.1) is 12.8 Å². The molecule has 2 heterocycles. The molecule has 0 bridgehead atoms. The summed E-state index contributed by atoms with van der Waals surface area (Å²) in [5.74, 6) is -0.0532. The highest BCUT2D eigenvalue weighted by molar-refractivity contribution is 5.80. The molecule has 0 unspecified atom stereocenters. The van der Waals surface area contributed by atoms with Crippen LogP contribution in [0.25, 0.3) is 10.9 Å². The molecule has 134 valence electrons. The predicted molar refractivity (Wildman–Crippen MR) is 98.5 cm³/mol. The van der Waals surface area contributed by atoms with Crippen LogP contribution in [0.4, 0.5) is 0 Å². The zero-order chi connectivity index (χ0) is 18.0. The van der Waals surface area contributed by atoms with Crippen molar-refractivity contribution >= 4 is 16.8 Å². The van der Waals surface area contributed by atoms with Gasteiger partial charge in [-0.25, -0.2) is 0 Å². The molecular weight excluding hydrogens is 316 g/mol. The number of amides is 1. The van der Waals surface area contributed by atoms with Gasteiger partial charge in [0.25, 0.3) is 5.56 Å². The number of carbonyl (C=O) groups excluding carboxylic acids is 1. The van der Waals surface area contributed by atoms with Gasteiger partial charge in [-0.1, -0.05) is 26.0 Å². The average Bonchev–Trinajstić information content (AvgIpc) is 3.07. The van der Waals surface area contributed by atoms with Crippen molar-refractivity contribution in [1.29, 1.82) is 0 Å². The third kappa shape index (κ3) is 4.10. The van der Waals surface area contributed by atoms with Gasteiger partial charge in [0.2, 0.25) is 5.91 Å². The molecule has 1 amide bonds. The van der Waals surface area contributed by atoms with Crippen molar-refractivity contribution < 1.29 is 9.53 Å². The Balaban J connectivity index is 1.88. The Morgan fingerprint density at radius 2 is 2.16 bits per heavy atom. The number of aryl methyl sites for hydroxylation is 1. The number of hydrogen-bond donors (Lipinski definition) is 1. The van der Waals surface area contributed by atoms with Crippen LogP contribution >= 0.6 is 0 Å². The number of aromatic nitrogens is 1. The Morgan fingerprint density at radius 1 is 1.36 bits per heavy atom. The van der Waals surface area contributed by atoms with Gasteiger partial charge in [0.1, 0.15) is 0 Å². The zero-order valence-corrected chi connectivity index (χ0v) is 15.2. The van der Waals surface area contributed by atoms with Crippen molar-refractivity contribution in [2.45, 2.75) is 46.3 Å². The Hall–Kier alpha value is -2.14. The lowest BCUT2D eigenvalue weighted by molar-refractivity contribution is -0.136. The van der Waals surface area contributed by atoms with Crippen molar-refractivity contribution in [3.05, 3.63) is 45.7 Å². The van der Waals surface area contributed by atoms with Crippen LogP contribution in [0.15, 0.2) is 29.1 Å². The first-order valence-electron chi connectivity index (χ1n) is 8.97. The number of ether oxygens (including phenoxy) is 1. The van der Waals surface area contributed by atoms with Crippen molar-refractivity contribution in [3.63, 3.8) is 0 Å². The van der Waals surface area contributed by atoms with E-state index in [1.54, 1.807) is 4.90 Å². The van der Waals surface area contributed by atoms with Gasteiger partial charge in [0, 0.05) is 30.1 Å². The maximum atomic E-state index is 12.6. The Morgan fingerprint density at radius 3 is 2.84 bits per heavy atom. The summed E-state index contributed by atoms with van der Waals surface area (Å²) < 4.78 is 5.68. The number of nitrogens with zero attached hydrogens (tertiary/aromatic N) is 1. The molecule has 1 aromatic carbocycles. The van der Waals surface area contributed by atoms with E-state index < -0.39 is 0 Å². The number of carbonyl (C=O) groups is 1. The third-order valence-electron chi connectivity index (χ3n) is 4.69. The summed E-state index contributed by atoms with van der Waals surface area (Å²) in [7, 11) is 0. The van der Waals surface area contributed by atoms with Crippen molar-refractivity contribution in [1.82, 2.24) is 9.88 Å². The maximum Gasteiger partial charge on any atom is 0.253 e. The number of nitrogens with one attached hydrogen (secondary N) is 1. The molecule has 0 radical (unpaired) electrons. The normalized spacial score (nSPS) is 17.4. The molecule has 5 heteroatoms. The van der Waals surface area contributed by atoms with Gasteiger partial charge in [-0.3, -0.25) is 9.59 Å². The molecule has 1 atom stereocenters. The smallest absolute Gasteiger partial charge is 0.253 e. The van der Waals surface area contributed by atoms with Gasteiger partial charge in [-0.2, -0.15) is 0 Å². The highest BCUT2D eigenvalue weighted by Gasteiger charge is 2.25. The molecule has 1 fully saturated rings. The maximum absolute atomic E-state index is 12.6. The summed E-state index contributed by atoms with van der Waals surface area (Å²) in [6.45, 7) is 7.38. The summed E-state index contributed by atoms with van der Waals surface area (Å²) in [6.07, 6.45) is 2.07. The first-order valence-corrected chi connectivity index (χ1v) is 8.97. The predicted octanol–water partition coefficient (Wildman–Crippen LogP) is 3.00. The van der Waals surface area contributed by atoms with Crippen LogP contribution in [-0.2, 0) is 16.1 Å². The fraction of sp³-hybridized carbons (Fsp3) is 0.500. The Labute approximate surface area is 148 Å². The minimum atomic E-state index is -0.132. The lowest BCUT2D eigenvalue weighted by Crippen LogP contribution is -2.40. The molecular formula is C20H26N2O3. The second-order valence-corrected chi connectivity index (χ2v) is 7.22. The molecule has 1 aliphatic rings. The Bertz CT molecular complexity index is 819. The van der Waals surface area contributed by atoms with E-state index in [1.807, 2.05) is 45.0 Å². The van der Waals surface area contributed by atoms with Crippen LogP contribution in [0.5, 0.6) is 0 Å². The second kappa shape index (κ2) is 7.40. The van der Waals surface area contributed by atoms with Crippen LogP contribution in [0.1, 0.15) is 37.8 Å². The fourth-order valence-corrected chi connectivity index (χ4v) is 3.31. The highest BCUT2D eigenvalue weighted by atomic mass is 16.5. The van der Waals surface area contributed by atoms with E-state index >= 15 is 0 Å². The lowest BCUT2D eigenvalue weighted by atomic mass is 10.1. The molecule has 1 N–H and O–H groups in total. The molecule has 0 saturated carbocycles. The van der Waals surface area contributed by atoms with Gasteiger partial charge in [0.15, 0.2) is 0 Å². The van der Waals surface area contributed by atoms with Crippen LogP contribution in [0.2, 0.25) is 0 Å². The Kier molecular flexibility index (Phi) is 5.23. The van der Waals surface area contributed by atoms with Crippen molar-refractivity contribution in [2.75, 3.05) is 13.2 Å². The summed E-state index contributed by atoms with van der Waals surface area (Å²) >= 11 is 0. The molecule has 0 aliphatic carbocycles. The molecule has 3 rings (SSSR count). The molecule has 1 aromatic heterocycles. The lowest BCUT2D eigenvalue weighted by Gasteiger charge is -2.27. The van der Waals surface area contributed by atoms with E-state index in [9.17, 15) is 9.59 Å². The van der Waals surface area contributed by atoms with E-state index in [1.165, 1.54) is 0 Å². The summed E-state index contributed by atoms with van der Waals surface area (Å²) in [4.78, 5) is 29.8. The van der Waals surface area contributed by atoms with Crippen LogP contribution in [0.3, 0.4) is 0 Å². The standard InChI is InChI=1S/C20H26N2O3/c1-13(2)20(24)22(12-17-5-4-8-25-17)11-16-10-15-7-6-14(3)9-18(15)21-19(16)23/h6-7,9-10,13,17H,4-5,8,11-12H2,1-3H3,(H,21,23)/t17-/m0/s1. The topological polar surface area (TPSA) is 62.4 Å². The van der Waals surface area contributed by atoms with Crippen molar-refractivity contribution in [2.24, 2.45) is 5.92 Å². The van der Waals surface area contributed by atoms with Gasteiger partial charge >= 0.3 is 0 Å². The van der Waals surface area contributed by atoms with Gasteiger partial charge in [0.05, 0.1) is 12.6 Å². The van der Waals surface area contributed by atoms with E-state index in [0.29, 0.717) is 18.7 Å². The van der Waals surface area contributed by atoms with Crippen LogP contribution < -0.4 is 5.56 Å². The van der Waals surface area contributed by atoms with Crippen molar-refractivity contribution in [3.8, 4) is 0 Å². The van der Waals surface area contributed by atoms with Crippen LogP contribution in [-0.4, -0.2) is 35.0 Å². The fourth-order valence-electron chi connectivity index (χ4n) is 3.31. The average molecular weight is 342 g/mol. The summed E-state index contributed by atoms with van der Waals surface area (Å²) in [5.41, 5.74) is 2.41. The molecule has 1 saturated heterocycles. The summed E-state index contributed by atoms with van der Waals surface area (Å²) in [6, 6.07) is 7.88. The zero-order valence-electron chi connectivity index (χ0n) is 15.2. The van der Waals surface area contributed by atoms with E-state index in [-0.39, 0.29) is 23.5 Å². The molecule has 25 heavy (non-hydrogen) atoms. The monoisotopic (exact) mass is 342 g/mol. The van der Waals surface area contributed by atoms with Gasteiger partial charge < -0.3 is 14.6 Å². The molecule has 5 nitrogen and oxygen atoms in total. The number of benzene rings is 1. The van der Waals surface area contributed by atoms with Gasteiger partial charge in [-0.05, 0) is 42.8 Å².